The number of hydrogen-bond donors (Lipinski definition) is 2. The number of rotatable bonds is 10. The number of hydrogen-bond acceptors (Lipinski definition) is 5. The van der Waals surface area contributed by atoms with E-state index in [0.717, 1.165) is 28.4 Å². The molecule has 0 saturated carbocycles. The molecule has 1 heterocycles. The number of benzene rings is 4. The Hall–Kier alpha value is -4.50. The summed E-state index contributed by atoms with van der Waals surface area (Å²) in [5.74, 6) is 0.727. The summed E-state index contributed by atoms with van der Waals surface area (Å²) in [5.41, 5.74) is 3.37. The summed E-state index contributed by atoms with van der Waals surface area (Å²) < 4.78 is 41.2. The van der Waals surface area contributed by atoms with E-state index >= 15 is 0 Å². The largest absolute Gasteiger partial charge is 0.494 e. The fourth-order valence-electron chi connectivity index (χ4n) is 4.53. The Morgan fingerprint density at radius 1 is 0.769 bits per heavy atom. The van der Waals surface area contributed by atoms with Crippen LogP contribution < -0.4 is 19.5 Å². The minimum atomic E-state index is -3.79. The molecule has 0 bridgehead atoms. The average molecular weight is 544 g/mol. The molecule has 0 atom stereocenters. The highest BCUT2D eigenvalue weighted by Crippen LogP contribution is 2.31. The first-order valence-electron chi connectivity index (χ1n) is 12.7. The Balaban J connectivity index is 1.20. The lowest BCUT2D eigenvalue weighted by Crippen LogP contribution is -2.20. The molecule has 39 heavy (non-hydrogen) atoms. The summed E-state index contributed by atoms with van der Waals surface area (Å²) in [4.78, 5) is 12.7. The molecule has 0 aliphatic carbocycles. The summed E-state index contributed by atoms with van der Waals surface area (Å²) in [5, 5.41) is 5.09. The maximum Gasteiger partial charge on any atom is 0.262 e. The highest BCUT2D eigenvalue weighted by molar-refractivity contribution is 7.92. The molecule has 8 nitrogen and oxygen atoms in total. The molecule has 2 N–H and O–H groups in total. The highest BCUT2D eigenvalue weighted by atomic mass is 32.2. The Labute approximate surface area is 227 Å². The third kappa shape index (κ3) is 5.68. The second kappa shape index (κ2) is 11.1. The minimum Gasteiger partial charge on any atom is -0.494 e. The number of ether oxygens (including phenoxy) is 2. The Morgan fingerprint density at radius 2 is 1.41 bits per heavy atom. The fraction of sp³-hybridized carbons (Fsp3) is 0.167. The van der Waals surface area contributed by atoms with Crippen LogP contribution in [0.1, 0.15) is 13.8 Å². The number of sulfonamides is 1. The molecule has 9 heteroatoms. The lowest BCUT2D eigenvalue weighted by atomic mass is 10.1. The highest BCUT2D eigenvalue weighted by Gasteiger charge is 2.15. The van der Waals surface area contributed by atoms with Crippen LogP contribution in [0, 0.1) is 0 Å². The van der Waals surface area contributed by atoms with E-state index in [1.54, 1.807) is 24.3 Å². The normalized spacial score (nSPS) is 11.4. The van der Waals surface area contributed by atoms with Gasteiger partial charge in [0.2, 0.25) is 0 Å². The summed E-state index contributed by atoms with van der Waals surface area (Å²) in [6, 6.07) is 26.6. The fourth-order valence-corrected chi connectivity index (χ4v) is 5.59. The third-order valence-electron chi connectivity index (χ3n) is 6.29. The van der Waals surface area contributed by atoms with Crippen LogP contribution in [-0.4, -0.2) is 32.1 Å². The van der Waals surface area contributed by atoms with Crippen molar-refractivity contribution in [2.45, 2.75) is 25.3 Å². The van der Waals surface area contributed by atoms with E-state index in [1.165, 1.54) is 24.3 Å². The molecule has 0 spiro atoms. The summed E-state index contributed by atoms with van der Waals surface area (Å²) in [6.07, 6.45) is 0. The molecule has 0 fully saturated rings. The van der Waals surface area contributed by atoms with Gasteiger partial charge in [0, 0.05) is 39.7 Å². The molecule has 5 aromatic rings. The summed E-state index contributed by atoms with van der Waals surface area (Å²) in [7, 11) is -3.79. The van der Waals surface area contributed by atoms with Crippen LogP contribution in [0.4, 0.5) is 11.4 Å². The molecule has 1 aromatic heterocycles. The van der Waals surface area contributed by atoms with Gasteiger partial charge in [0.05, 0.1) is 11.5 Å². The van der Waals surface area contributed by atoms with Crippen LogP contribution in [0.25, 0.3) is 21.8 Å². The zero-order valence-corrected chi connectivity index (χ0v) is 22.5. The molecule has 4 aromatic carbocycles. The van der Waals surface area contributed by atoms with Gasteiger partial charge in [0.15, 0.2) is 6.61 Å². The van der Waals surface area contributed by atoms with Gasteiger partial charge in [-0.25, -0.2) is 8.42 Å². The number of para-hydroxylation sites is 1. The zero-order valence-electron chi connectivity index (χ0n) is 21.7. The van der Waals surface area contributed by atoms with E-state index in [0.29, 0.717) is 29.5 Å². The van der Waals surface area contributed by atoms with E-state index in [4.69, 9.17) is 9.47 Å². The zero-order chi connectivity index (χ0) is 27.4. The van der Waals surface area contributed by atoms with Crippen molar-refractivity contribution < 1.29 is 22.7 Å². The molecule has 0 aliphatic rings. The predicted molar refractivity (Wildman–Crippen MR) is 154 cm³/mol. The van der Waals surface area contributed by atoms with Gasteiger partial charge in [-0.05, 0) is 86.6 Å². The van der Waals surface area contributed by atoms with Crippen molar-refractivity contribution in [2.24, 2.45) is 0 Å². The van der Waals surface area contributed by atoms with Gasteiger partial charge in [0.1, 0.15) is 11.5 Å². The van der Waals surface area contributed by atoms with Gasteiger partial charge in [-0.15, -0.1) is 0 Å². The van der Waals surface area contributed by atoms with Gasteiger partial charge in [-0.1, -0.05) is 18.2 Å². The first-order chi connectivity index (χ1) is 18.9. The van der Waals surface area contributed by atoms with E-state index in [-0.39, 0.29) is 17.4 Å². The van der Waals surface area contributed by atoms with Gasteiger partial charge in [0.25, 0.3) is 15.9 Å². The number of anilines is 2. The molecular weight excluding hydrogens is 514 g/mol. The summed E-state index contributed by atoms with van der Waals surface area (Å²) >= 11 is 0. The van der Waals surface area contributed by atoms with Crippen molar-refractivity contribution in [1.29, 1.82) is 0 Å². The number of amides is 1. The Bertz CT molecular complexity index is 1730. The lowest BCUT2D eigenvalue weighted by Gasteiger charge is -2.11. The average Bonchev–Trinajstić information content (AvgIpc) is 3.26. The van der Waals surface area contributed by atoms with Crippen LogP contribution in [0.3, 0.4) is 0 Å². The van der Waals surface area contributed by atoms with E-state index < -0.39 is 10.0 Å². The Kier molecular flexibility index (Phi) is 7.42. The van der Waals surface area contributed by atoms with E-state index in [2.05, 4.69) is 33.7 Å². The van der Waals surface area contributed by atoms with E-state index in [1.807, 2.05) is 37.3 Å². The molecule has 0 aliphatic heterocycles. The van der Waals surface area contributed by atoms with E-state index in [9.17, 15) is 13.2 Å². The SMILES string of the molecule is CCOc1ccc(NS(=O)(=O)c2ccc(OCC(=O)Nc3ccc4c(c3)c3ccccc3n4CC)cc2)cc1. The smallest absolute Gasteiger partial charge is 0.262 e. The quantitative estimate of drug-likeness (QED) is 0.224. The first kappa shape index (κ1) is 26.1. The van der Waals surface area contributed by atoms with Gasteiger partial charge < -0.3 is 19.4 Å². The molecule has 0 unspecified atom stereocenters. The van der Waals surface area contributed by atoms with Crippen LogP contribution in [0.15, 0.2) is 95.9 Å². The predicted octanol–water partition coefficient (Wildman–Crippen LogP) is 6.03. The van der Waals surface area contributed by atoms with Crippen molar-refractivity contribution >= 4 is 49.1 Å². The number of aromatic nitrogens is 1. The number of fused-ring (bicyclic) bond motifs is 3. The van der Waals surface area contributed by atoms with Crippen LogP contribution in [0.2, 0.25) is 0 Å². The molecule has 0 saturated heterocycles. The third-order valence-corrected chi connectivity index (χ3v) is 7.69. The Morgan fingerprint density at radius 3 is 2.13 bits per heavy atom. The maximum absolute atomic E-state index is 12.7. The standard InChI is InChI=1S/C30H29N3O5S/c1-3-33-28-8-6-5-7-26(28)27-19-22(11-18-29(27)33)31-30(34)20-38-24-14-16-25(17-15-24)39(35,36)32-21-9-12-23(13-10-21)37-4-2/h5-19,32H,3-4,20H2,1-2H3,(H,31,34). The second-order valence-corrected chi connectivity index (χ2v) is 10.5. The van der Waals surface area contributed by atoms with Crippen LogP contribution in [-0.2, 0) is 21.4 Å². The van der Waals surface area contributed by atoms with Crippen molar-refractivity contribution in [1.82, 2.24) is 4.57 Å². The van der Waals surface area contributed by atoms with Crippen molar-refractivity contribution in [3.8, 4) is 11.5 Å². The first-order valence-corrected chi connectivity index (χ1v) is 14.2. The van der Waals surface area contributed by atoms with Crippen molar-refractivity contribution in [3.63, 3.8) is 0 Å². The van der Waals surface area contributed by atoms with Crippen LogP contribution >= 0.6 is 0 Å². The number of carbonyl (C=O) groups is 1. The monoisotopic (exact) mass is 543 g/mol. The molecule has 1 amide bonds. The van der Waals surface area contributed by atoms with Gasteiger partial charge in [-0.3, -0.25) is 9.52 Å². The minimum absolute atomic E-state index is 0.0766. The number of aryl methyl sites for hydroxylation is 1. The van der Waals surface area contributed by atoms with Crippen LogP contribution in [0.5, 0.6) is 11.5 Å². The van der Waals surface area contributed by atoms with Crippen molar-refractivity contribution in [2.75, 3.05) is 23.3 Å². The van der Waals surface area contributed by atoms with Crippen molar-refractivity contribution in [3.05, 3.63) is 91.0 Å². The maximum atomic E-state index is 12.7. The number of nitrogens with one attached hydrogen (secondary N) is 2. The number of carbonyl (C=O) groups excluding carboxylic acids is 1. The summed E-state index contributed by atoms with van der Waals surface area (Å²) in [6.45, 7) is 5.15. The molecular formula is C30H29N3O5S. The number of nitrogens with zero attached hydrogens (tertiary/aromatic N) is 1. The lowest BCUT2D eigenvalue weighted by molar-refractivity contribution is -0.118. The second-order valence-electron chi connectivity index (χ2n) is 8.86. The van der Waals surface area contributed by atoms with Gasteiger partial charge >= 0.3 is 0 Å². The topological polar surface area (TPSA) is 98.7 Å². The molecule has 0 radical (unpaired) electrons. The molecule has 5 rings (SSSR count). The molecule has 200 valence electrons. The van der Waals surface area contributed by atoms with Gasteiger partial charge in [-0.2, -0.15) is 0 Å².